The summed E-state index contributed by atoms with van der Waals surface area (Å²) in [5.74, 6) is 1.52. The van der Waals surface area contributed by atoms with E-state index in [1.807, 2.05) is 54.0 Å². The number of hydrogen-bond donors (Lipinski definition) is 1. The summed E-state index contributed by atoms with van der Waals surface area (Å²) in [6, 6.07) is 9.52. The van der Waals surface area contributed by atoms with E-state index >= 15 is 0 Å². The van der Waals surface area contributed by atoms with E-state index in [-0.39, 0.29) is 5.91 Å². The fourth-order valence-corrected chi connectivity index (χ4v) is 3.17. The van der Waals surface area contributed by atoms with Crippen molar-refractivity contribution >= 4 is 23.5 Å². The third kappa shape index (κ3) is 5.25. The maximum absolute atomic E-state index is 12.6. The van der Waals surface area contributed by atoms with Gasteiger partial charge in [0.05, 0.1) is 12.2 Å². The number of carbonyl (C=O) groups excluding carboxylic acids is 1. The van der Waals surface area contributed by atoms with Crippen LogP contribution in [-0.2, 0) is 24.3 Å². The topological polar surface area (TPSA) is 74.0 Å². The minimum atomic E-state index is 0.0831. The molecule has 0 bridgehead atoms. The molecule has 1 aliphatic heterocycles. The normalized spacial score (nSPS) is 15.2. The van der Waals surface area contributed by atoms with Crippen molar-refractivity contribution in [2.45, 2.75) is 33.4 Å². The second-order valence-corrected chi connectivity index (χ2v) is 7.11. The lowest BCUT2D eigenvalue weighted by Gasteiger charge is -2.36. The van der Waals surface area contributed by atoms with Gasteiger partial charge in [0.2, 0.25) is 5.91 Å². The van der Waals surface area contributed by atoms with Gasteiger partial charge in [0.15, 0.2) is 11.7 Å². The van der Waals surface area contributed by atoms with E-state index in [2.05, 4.69) is 15.5 Å². The molecule has 1 aliphatic rings. The number of nitrogens with zero attached hydrogens (tertiary/aromatic N) is 4. The Morgan fingerprint density at radius 3 is 2.71 bits per heavy atom. The number of aliphatic imine (C=N–C) groups is 1. The first-order chi connectivity index (χ1) is 13.6. The second kappa shape index (κ2) is 9.59. The summed E-state index contributed by atoms with van der Waals surface area (Å²) >= 11 is 5.93. The standard InChI is InChI=1S/C20H26ClN5O2/c1-3-17-11-18(28-24-17)12-23-20(22-4-2)26-10-9-25(19(27)14-26)13-15-5-7-16(21)8-6-15/h5-8,11H,3-4,9-10,12-14H2,1-2H3,(H,22,23). The summed E-state index contributed by atoms with van der Waals surface area (Å²) in [5, 5.41) is 7.95. The van der Waals surface area contributed by atoms with Crippen LogP contribution in [0.3, 0.4) is 0 Å². The van der Waals surface area contributed by atoms with Gasteiger partial charge in [0.25, 0.3) is 0 Å². The van der Waals surface area contributed by atoms with Gasteiger partial charge in [-0.15, -0.1) is 0 Å². The number of aromatic nitrogens is 1. The van der Waals surface area contributed by atoms with Crippen LogP contribution >= 0.6 is 11.6 Å². The van der Waals surface area contributed by atoms with E-state index < -0.39 is 0 Å². The van der Waals surface area contributed by atoms with Crippen molar-refractivity contribution in [3.63, 3.8) is 0 Å². The zero-order valence-corrected chi connectivity index (χ0v) is 17.1. The zero-order valence-electron chi connectivity index (χ0n) is 16.3. The molecule has 0 unspecified atom stereocenters. The van der Waals surface area contributed by atoms with Crippen LogP contribution in [0.5, 0.6) is 0 Å². The van der Waals surface area contributed by atoms with Gasteiger partial charge in [-0.3, -0.25) is 4.79 Å². The van der Waals surface area contributed by atoms with Crippen molar-refractivity contribution in [3.05, 3.63) is 52.4 Å². The maximum atomic E-state index is 12.6. The van der Waals surface area contributed by atoms with E-state index in [0.29, 0.717) is 31.2 Å². The Morgan fingerprint density at radius 2 is 2.07 bits per heavy atom. The maximum Gasteiger partial charge on any atom is 0.242 e. The summed E-state index contributed by atoms with van der Waals surface area (Å²) in [6.45, 7) is 7.44. The summed E-state index contributed by atoms with van der Waals surface area (Å²) in [4.78, 5) is 21.1. The highest BCUT2D eigenvalue weighted by molar-refractivity contribution is 6.30. The Hall–Kier alpha value is -2.54. The number of carbonyl (C=O) groups is 1. The molecule has 28 heavy (non-hydrogen) atoms. The van der Waals surface area contributed by atoms with Crippen LogP contribution in [0.2, 0.25) is 5.02 Å². The minimum Gasteiger partial charge on any atom is -0.359 e. The van der Waals surface area contributed by atoms with Crippen LogP contribution < -0.4 is 5.32 Å². The Morgan fingerprint density at radius 1 is 1.29 bits per heavy atom. The smallest absolute Gasteiger partial charge is 0.242 e. The van der Waals surface area contributed by atoms with Crippen LogP contribution in [-0.4, -0.2) is 53.0 Å². The van der Waals surface area contributed by atoms with E-state index in [0.717, 1.165) is 42.5 Å². The predicted molar refractivity (Wildman–Crippen MR) is 109 cm³/mol. The van der Waals surface area contributed by atoms with Crippen LogP contribution in [0.4, 0.5) is 0 Å². The van der Waals surface area contributed by atoms with Crippen molar-refractivity contribution in [2.24, 2.45) is 4.99 Å². The van der Waals surface area contributed by atoms with Crippen LogP contribution in [0.15, 0.2) is 39.8 Å². The van der Waals surface area contributed by atoms with Gasteiger partial charge in [-0.25, -0.2) is 4.99 Å². The Kier molecular flexibility index (Phi) is 6.92. The molecule has 0 spiro atoms. The molecule has 3 rings (SSSR count). The number of guanidine groups is 1. The van der Waals surface area contributed by atoms with Crippen LogP contribution in [0.1, 0.15) is 30.9 Å². The van der Waals surface area contributed by atoms with Gasteiger partial charge >= 0.3 is 0 Å². The largest absolute Gasteiger partial charge is 0.359 e. The molecule has 7 nitrogen and oxygen atoms in total. The molecule has 2 aromatic rings. The van der Waals surface area contributed by atoms with Crippen LogP contribution in [0, 0.1) is 0 Å². The molecule has 150 valence electrons. The monoisotopic (exact) mass is 403 g/mol. The first-order valence-electron chi connectivity index (χ1n) is 9.59. The summed E-state index contributed by atoms with van der Waals surface area (Å²) < 4.78 is 5.30. The number of nitrogens with one attached hydrogen (secondary N) is 1. The van der Waals surface area contributed by atoms with Gasteiger partial charge in [0, 0.05) is 37.3 Å². The number of aryl methyl sites for hydroxylation is 1. The lowest BCUT2D eigenvalue weighted by molar-refractivity contribution is -0.135. The fourth-order valence-electron chi connectivity index (χ4n) is 3.04. The predicted octanol–water partition coefficient (Wildman–Crippen LogP) is 2.70. The summed E-state index contributed by atoms with van der Waals surface area (Å²) in [7, 11) is 0. The number of hydrogen-bond acceptors (Lipinski definition) is 4. The van der Waals surface area contributed by atoms with E-state index in [9.17, 15) is 4.79 Å². The van der Waals surface area contributed by atoms with Crippen molar-refractivity contribution in [3.8, 4) is 0 Å². The molecule has 1 amide bonds. The molecule has 1 aromatic heterocycles. The molecule has 0 saturated carbocycles. The lowest BCUT2D eigenvalue weighted by Crippen LogP contribution is -2.54. The molecule has 0 atom stereocenters. The third-order valence-corrected chi connectivity index (χ3v) is 4.85. The van der Waals surface area contributed by atoms with Crippen molar-refractivity contribution in [1.82, 2.24) is 20.3 Å². The molecule has 0 radical (unpaired) electrons. The number of rotatable bonds is 6. The van der Waals surface area contributed by atoms with E-state index in [1.165, 1.54) is 0 Å². The first kappa shape index (κ1) is 20.2. The summed E-state index contributed by atoms with van der Waals surface area (Å²) in [5.41, 5.74) is 1.99. The highest BCUT2D eigenvalue weighted by Gasteiger charge is 2.26. The van der Waals surface area contributed by atoms with Gasteiger partial charge in [-0.05, 0) is 31.0 Å². The van der Waals surface area contributed by atoms with Crippen molar-refractivity contribution in [1.29, 1.82) is 0 Å². The average Bonchev–Trinajstić information content (AvgIpc) is 3.16. The fraction of sp³-hybridized carbons (Fsp3) is 0.450. The number of benzene rings is 1. The highest BCUT2D eigenvalue weighted by Crippen LogP contribution is 2.14. The molecule has 1 aromatic carbocycles. The minimum absolute atomic E-state index is 0.0831. The number of piperazine rings is 1. The Balaban J connectivity index is 1.61. The quantitative estimate of drug-likeness (QED) is 0.593. The first-order valence-corrected chi connectivity index (χ1v) is 9.96. The SMILES string of the molecule is CCNC(=NCc1cc(CC)no1)N1CCN(Cc2ccc(Cl)cc2)C(=O)C1. The Bertz CT molecular complexity index is 818. The molecule has 2 heterocycles. The van der Waals surface area contributed by atoms with E-state index in [1.54, 1.807) is 0 Å². The van der Waals surface area contributed by atoms with Crippen LogP contribution in [0.25, 0.3) is 0 Å². The number of amides is 1. The second-order valence-electron chi connectivity index (χ2n) is 6.67. The summed E-state index contributed by atoms with van der Waals surface area (Å²) in [6.07, 6.45) is 0.831. The van der Waals surface area contributed by atoms with Crippen molar-refractivity contribution < 1.29 is 9.32 Å². The average molecular weight is 404 g/mol. The molecular weight excluding hydrogens is 378 g/mol. The molecule has 8 heteroatoms. The van der Waals surface area contributed by atoms with Gasteiger partial charge in [-0.2, -0.15) is 0 Å². The molecule has 1 N–H and O–H groups in total. The molecule has 1 fully saturated rings. The lowest BCUT2D eigenvalue weighted by atomic mass is 10.2. The molecule has 0 aliphatic carbocycles. The molecular formula is C20H26ClN5O2. The molecule has 1 saturated heterocycles. The van der Waals surface area contributed by atoms with Crippen molar-refractivity contribution in [2.75, 3.05) is 26.2 Å². The third-order valence-electron chi connectivity index (χ3n) is 4.59. The zero-order chi connectivity index (χ0) is 19.9. The van der Waals surface area contributed by atoms with Gasteiger partial charge < -0.3 is 19.6 Å². The Labute approximate surface area is 170 Å². The highest BCUT2D eigenvalue weighted by atomic mass is 35.5. The van der Waals surface area contributed by atoms with Gasteiger partial charge in [0.1, 0.15) is 6.54 Å². The van der Waals surface area contributed by atoms with E-state index in [4.69, 9.17) is 16.1 Å². The van der Waals surface area contributed by atoms with Gasteiger partial charge in [-0.1, -0.05) is 35.8 Å². The number of halogens is 1.